The number of piperidine rings is 2. The number of pyridine rings is 1. The molecule has 154 valence electrons. The van der Waals surface area contributed by atoms with E-state index in [2.05, 4.69) is 15.2 Å². The van der Waals surface area contributed by atoms with E-state index in [1.807, 2.05) is 23.1 Å². The largest absolute Gasteiger partial charge is 0.350 e. The van der Waals surface area contributed by atoms with Gasteiger partial charge in [-0.2, -0.15) is 0 Å². The lowest BCUT2D eigenvalue weighted by Crippen LogP contribution is -2.56. The van der Waals surface area contributed by atoms with E-state index in [0.717, 1.165) is 57.6 Å². The van der Waals surface area contributed by atoms with Crippen molar-refractivity contribution in [2.24, 2.45) is 11.7 Å². The number of carbonyl (C=O) groups excluding carboxylic acids is 2. The van der Waals surface area contributed by atoms with Crippen LogP contribution in [0.2, 0.25) is 0 Å². The molecule has 0 spiro atoms. The van der Waals surface area contributed by atoms with Crippen LogP contribution >= 0.6 is 0 Å². The molecule has 2 saturated heterocycles. The van der Waals surface area contributed by atoms with Gasteiger partial charge >= 0.3 is 0 Å². The molecule has 1 atom stereocenters. The summed E-state index contributed by atoms with van der Waals surface area (Å²) in [6.07, 6.45) is 5.61. The Hall–Kier alpha value is -1.99. The molecule has 3 heterocycles. The Labute approximate surface area is 167 Å². The Bertz CT molecular complexity index is 665. The summed E-state index contributed by atoms with van der Waals surface area (Å²) in [7, 11) is 0. The molecule has 2 aliphatic heterocycles. The Morgan fingerprint density at radius 2 is 1.96 bits per heavy atom. The number of aromatic nitrogens is 1. The van der Waals surface area contributed by atoms with Crippen LogP contribution in [0.15, 0.2) is 24.4 Å². The zero-order chi connectivity index (χ0) is 20.1. The van der Waals surface area contributed by atoms with Gasteiger partial charge in [0.15, 0.2) is 0 Å². The predicted octanol–water partition coefficient (Wildman–Crippen LogP) is 1.14. The predicted molar refractivity (Wildman–Crippen MR) is 108 cm³/mol. The number of carbonyl (C=O) groups is 2. The van der Waals surface area contributed by atoms with Gasteiger partial charge < -0.3 is 16.0 Å². The van der Waals surface area contributed by atoms with Crippen LogP contribution in [-0.4, -0.2) is 64.4 Å². The minimum atomic E-state index is -0.811. The number of nitrogens with two attached hydrogens (primary N) is 1. The van der Waals surface area contributed by atoms with Crippen LogP contribution in [0.3, 0.4) is 0 Å². The molecule has 7 nitrogen and oxygen atoms in total. The van der Waals surface area contributed by atoms with E-state index in [0.29, 0.717) is 12.6 Å². The van der Waals surface area contributed by atoms with E-state index in [4.69, 9.17) is 5.73 Å². The summed E-state index contributed by atoms with van der Waals surface area (Å²) in [6.45, 7) is 7.33. The number of nitrogens with zero attached hydrogens (tertiary/aromatic N) is 3. The van der Waals surface area contributed by atoms with Crippen LogP contribution in [-0.2, 0) is 16.1 Å². The zero-order valence-electron chi connectivity index (χ0n) is 17.1. The standard InChI is InChI=1S/C21H33N5O2/c1-21(2,22)20(28)25-12-8-18(9-13-25)26-11-5-6-16(15-26)19(27)24-14-17-7-3-4-10-23-17/h3-4,7,10,16,18H,5-6,8-9,11-15,22H2,1-2H3,(H,24,27)/t16-/m0/s1. The SMILES string of the molecule is CC(C)(N)C(=O)N1CCC(N2CCC[C@H](C(=O)NCc3ccccn3)C2)CC1. The normalized spacial score (nSPS) is 22.1. The van der Waals surface area contributed by atoms with Crippen molar-refractivity contribution >= 4 is 11.8 Å². The van der Waals surface area contributed by atoms with Gasteiger partial charge in [0, 0.05) is 31.9 Å². The summed E-state index contributed by atoms with van der Waals surface area (Å²) in [5, 5.41) is 3.04. The van der Waals surface area contributed by atoms with Crippen LogP contribution in [0.5, 0.6) is 0 Å². The molecule has 0 unspecified atom stereocenters. The van der Waals surface area contributed by atoms with Crippen molar-refractivity contribution in [1.82, 2.24) is 20.1 Å². The summed E-state index contributed by atoms with van der Waals surface area (Å²) in [5.74, 6) is 0.171. The highest BCUT2D eigenvalue weighted by Crippen LogP contribution is 2.25. The maximum Gasteiger partial charge on any atom is 0.242 e. The number of likely N-dealkylation sites (tertiary alicyclic amines) is 2. The Morgan fingerprint density at radius 1 is 1.21 bits per heavy atom. The fourth-order valence-corrected chi connectivity index (χ4v) is 4.22. The van der Waals surface area contributed by atoms with Crippen molar-refractivity contribution in [1.29, 1.82) is 0 Å². The third kappa shape index (κ3) is 5.29. The molecule has 3 rings (SSSR count). The van der Waals surface area contributed by atoms with E-state index < -0.39 is 5.54 Å². The van der Waals surface area contributed by atoms with E-state index in [-0.39, 0.29) is 17.7 Å². The molecule has 2 aliphatic rings. The Balaban J connectivity index is 1.47. The fraction of sp³-hybridized carbons (Fsp3) is 0.667. The molecule has 28 heavy (non-hydrogen) atoms. The summed E-state index contributed by atoms with van der Waals surface area (Å²) < 4.78 is 0. The highest BCUT2D eigenvalue weighted by atomic mass is 16.2. The molecule has 0 aliphatic carbocycles. The first kappa shape index (κ1) is 20.7. The van der Waals surface area contributed by atoms with E-state index in [1.165, 1.54) is 0 Å². The van der Waals surface area contributed by atoms with E-state index >= 15 is 0 Å². The number of hydrogen-bond acceptors (Lipinski definition) is 5. The quantitative estimate of drug-likeness (QED) is 0.790. The molecule has 2 amide bonds. The second kappa shape index (κ2) is 9.01. The van der Waals surface area contributed by atoms with Gasteiger partial charge in [0.2, 0.25) is 11.8 Å². The van der Waals surface area contributed by atoms with Crippen LogP contribution in [0, 0.1) is 5.92 Å². The van der Waals surface area contributed by atoms with Crippen LogP contribution in [0.1, 0.15) is 45.2 Å². The van der Waals surface area contributed by atoms with Crippen molar-refractivity contribution in [3.05, 3.63) is 30.1 Å². The average Bonchev–Trinajstić information content (AvgIpc) is 2.72. The minimum absolute atomic E-state index is 0.0244. The molecule has 0 aromatic carbocycles. The molecule has 3 N–H and O–H groups in total. The second-order valence-electron chi connectivity index (χ2n) is 8.62. The van der Waals surface area contributed by atoms with Gasteiger partial charge in [0.1, 0.15) is 0 Å². The molecular formula is C21H33N5O2. The van der Waals surface area contributed by atoms with Crippen molar-refractivity contribution < 1.29 is 9.59 Å². The fourth-order valence-electron chi connectivity index (χ4n) is 4.22. The number of amides is 2. The molecular weight excluding hydrogens is 354 g/mol. The Kier molecular flexibility index (Phi) is 6.67. The van der Waals surface area contributed by atoms with Gasteiger partial charge in [-0.05, 0) is 58.2 Å². The number of hydrogen-bond donors (Lipinski definition) is 2. The first-order valence-electron chi connectivity index (χ1n) is 10.3. The first-order chi connectivity index (χ1) is 13.3. The summed E-state index contributed by atoms with van der Waals surface area (Å²) in [4.78, 5) is 33.6. The van der Waals surface area contributed by atoms with Gasteiger partial charge in [-0.25, -0.2) is 0 Å². The summed E-state index contributed by atoms with van der Waals surface area (Å²) in [5.41, 5.74) is 6.03. The van der Waals surface area contributed by atoms with Crippen molar-refractivity contribution in [3.63, 3.8) is 0 Å². The molecule has 1 aromatic rings. The maximum atomic E-state index is 12.6. The third-order valence-corrected chi connectivity index (χ3v) is 5.81. The van der Waals surface area contributed by atoms with Crippen molar-refractivity contribution in [2.75, 3.05) is 26.2 Å². The maximum absolute atomic E-state index is 12.6. The van der Waals surface area contributed by atoms with Gasteiger partial charge in [-0.15, -0.1) is 0 Å². The number of rotatable bonds is 5. The lowest BCUT2D eigenvalue weighted by atomic mass is 9.92. The van der Waals surface area contributed by atoms with Crippen molar-refractivity contribution in [3.8, 4) is 0 Å². The number of nitrogens with one attached hydrogen (secondary N) is 1. The first-order valence-corrected chi connectivity index (χ1v) is 10.3. The van der Waals surface area contributed by atoms with Gasteiger partial charge in [-0.3, -0.25) is 19.5 Å². The highest BCUT2D eigenvalue weighted by molar-refractivity contribution is 5.85. The minimum Gasteiger partial charge on any atom is -0.350 e. The monoisotopic (exact) mass is 387 g/mol. The lowest BCUT2D eigenvalue weighted by molar-refractivity contribution is -0.137. The topological polar surface area (TPSA) is 91.6 Å². The summed E-state index contributed by atoms with van der Waals surface area (Å²) in [6, 6.07) is 6.17. The van der Waals surface area contributed by atoms with Gasteiger partial charge in [0.05, 0.1) is 23.7 Å². The second-order valence-corrected chi connectivity index (χ2v) is 8.62. The van der Waals surface area contributed by atoms with Crippen LogP contribution in [0.25, 0.3) is 0 Å². The zero-order valence-corrected chi connectivity index (χ0v) is 17.1. The van der Waals surface area contributed by atoms with Crippen LogP contribution in [0.4, 0.5) is 0 Å². The molecule has 0 bridgehead atoms. The Morgan fingerprint density at radius 3 is 2.61 bits per heavy atom. The highest BCUT2D eigenvalue weighted by Gasteiger charge is 2.35. The molecule has 0 radical (unpaired) electrons. The molecule has 1 aromatic heterocycles. The lowest BCUT2D eigenvalue weighted by Gasteiger charge is -2.43. The van der Waals surface area contributed by atoms with Gasteiger partial charge in [-0.1, -0.05) is 6.07 Å². The molecule has 2 fully saturated rings. The average molecular weight is 388 g/mol. The van der Waals surface area contributed by atoms with E-state index in [1.54, 1.807) is 20.0 Å². The van der Waals surface area contributed by atoms with Gasteiger partial charge in [0.25, 0.3) is 0 Å². The molecule has 0 saturated carbocycles. The van der Waals surface area contributed by atoms with Crippen LogP contribution < -0.4 is 11.1 Å². The van der Waals surface area contributed by atoms with E-state index in [9.17, 15) is 9.59 Å². The third-order valence-electron chi connectivity index (χ3n) is 5.81. The molecule has 7 heteroatoms. The summed E-state index contributed by atoms with van der Waals surface area (Å²) >= 11 is 0. The van der Waals surface area contributed by atoms with Crippen molar-refractivity contribution in [2.45, 2.75) is 57.7 Å². The smallest absolute Gasteiger partial charge is 0.242 e.